The number of ether oxygens (including phenoxy) is 1. The average molecular weight is 408 g/mol. The molecule has 0 aliphatic rings. The number of benzene rings is 2. The predicted molar refractivity (Wildman–Crippen MR) is 102 cm³/mol. The van der Waals surface area contributed by atoms with Crippen LogP contribution in [0.1, 0.15) is 24.2 Å². The second-order valence-corrected chi connectivity index (χ2v) is 8.27. The van der Waals surface area contributed by atoms with Crippen molar-refractivity contribution in [3.63, 3.8) is 0 Å². The lowest BCUT2D eigenvalue weighted by atomic mass is 10.2. The van der Waals surface area contributed by atoms with Crippen LogP contribution in [-0.2, 0) is 19.6 Å². The summed E-state index contributed by atoms with van der Waals surface area (Å²) in [6.07, 6.45) is 0. The van der Waals surface area contributed by atoms with Crippen molar-refractivity contribution in [2.75, 3.05) is 19.0 Å². The molecule has 0 unspecified atom stereocenters. The van der Waals surface area contributed by atoms with Gasteiger partial charge in [-0.15, -0.1) is 0 Å². The highest BCUT2D eigenvalue weighted by atomic mass is 32.2. The van der Waals surface area contributed by atoms with Gasteiger partial charge in [0.15, 0.2) is 6.61 Å². The number of esters is 1. The zero-order chi connectivity index (χ0) is 20.9. The molecule has 0 fully saturated rings. The number of amides is 1. The quantitative estimate of drug-likeness (QED) is 0.711. The molecule has 0 atom stereocenters. The molecule has 9 heteroatoms. The summed E-state index contributed by atoms with van der Waals surface area (Å²) in [7, 11) is -2.30. The Hall–Kier alpha value is -2.78. The van der Waals surface area contributed by atoms with E-state index in [0.29, 0.717) is 5.69 Å². The van der Waals surface area contributed by atoms with E-state index in [0.717, 1.165) is 0 Å². The van der Waals surface area contributed by atoms with Gasteiger partial charge in [-0.05, 0) is 56.3 Å². The molecule has 0 aliphatic heterocycles. The van der Waals surface area contributed by atoms with Gasteiger partial charge in [0.05, 0.1) is 10.5 Å². The number of anilines is 1. The molecule has 0 radical (unpaired) electrons. The largest absolute Gasteiger partial charge is 0.452 e. The summed E-state index contributed by atoms with van der Waals surface area (Å²) >= 11 is 0. The Kier molecular flexibility index (Phi) is 6.87. The van der Waals surface area contributed by atoms with Gasteiger partial charge in [0.1, 0.15) is 5.82 Å². The Balaban J connectivity index is 2.03. The van der Waals surface area contributed by atoms with E-state index in [1.807, 2.05) is 0 Å². The summed E-state index contributed by atoms with van der Waals surface area (Å²) in [6, 6.07) is 10.3. The average Bonchev–Trinajstić information content (AvgIpc) is 2.67. The number of halogens is 1. The van der Waals surface area contributed by atoms with Crippen LogP contribution in [0.25, 0.3) is 0 Å². The van der Waals surface area contributed by atoms with Crippen LogP contribution >= 0.6 is 0 Å². The van der Waals surface area contributed by atoms with E-state index in [9.17, 15) is 22.4 Å². The van der Waals surface area contributed by atoms with Crippen molar-refractivity contribution in [3.8, 4) is 0 Å². The van der Waals surface area contributed by atoms with Gasteiger partial charge in [0, 0.05) is 18.8 Å². The molecule has 0 bridgehead atoms. The minimum Gasteiger partial charge on any atom is -0.452 e. The Labute approximate surface area is 163 Å². The van der Waals surface area contributed by atoms with Crippen LogP contribution in [0, 0.1) is 5.82 Å². The van der Waals surface area contributed by atoms with E-state index in [1.165, 1.54) is 59.9 Å². The van der Waals surface area contributed by atoms with Crippen molar-refractivity contribution in [1.29, 1.82) is 0 Å². The minimum absolute atomic E-state index is 0.00723. The molecule has 7 nitrogen and oxygen atoms in total. The zero-order valence-electron chi connectivity index (χ0n) is 15.7. The molecule has 0 heterocycles. The van der Waals surface area contributed by atoms with E-state index >= 15 is 0 Å². The third-order valence-electron chi connectivity index (χ3n) is 3.94. The first-order valence-electron chi connectivity index (χ1n) is 8.42. The highest BCUT2D eigenvalue weighted by Crippen LogP contribution is 2.18. The molecule has 0 saturated carbocycles. The molecular formula is C19H21FN2O5S. The standard InChI is InChI=1S/C19H21FN2O5S/c1-13(2)22(3)28(25,26)17-6-4-5-14(11-17)19(24)27-12-18(23)21-16-9-7-15(20)8-10-16/h4-11,13H,12H2,1-3H3,(H,21,23). The first kappa shape index (κ1) is 21.5. The lowest BCUT2D eigenvalue weighted by Crippen LogP contribution is -2.33. The Morgan fingerprint density at radius 2 is 1.79 bits per heavy atom. The number of hydrogen-bond acceptors (Lipinski definition) is 5. The van der Waals surface area contributed by atoms with Crippen LogP contribution in [0.3, 0.4) is 0 Å². The molecule has 0 aromatic heterocycles. The van der Waals surface area contributed by atoms with Crippen molar-refractivity contribution < 1.29 is 27.1 Å². The first-order chi connectivity index (χ1) is 13.1. The van der Waals surface area contributed by atoms with Gasteiger partial charge in [-0.25, -0.2) is 17.6 Å². The van der Waals surface area contributed by atoms with Crippen LogP contribution in [0.2, 0.25) is 0 Å². The molecule has 1 amide bonds. The molecule has 1 N–H and O–H groups in total. The van der Waals surface area contributed by atoms with Crippen molar-refractivity contribution in [2.45, 2.75) is 24.8 Å². The number of rotatable bonds is 7. The van der Waals surface area contributed by atoms with Crippen LogP contribution in [0.15, 0.2) is 53.4 Å². The van der Waals surface area contributed by atoms with Gasteiger partial charge in [-0.3, -0.25) is 4.79 Å². The van der Waals surface area contributed by atoms with Gasteiger partial charge in [0.25, 0.3) is 5.91 Å². The van der Waals surface area contributed by atoms with Crippen LogP contribution in [0.4, 0.5) is 10.1 Å². The lowest BCUT2D eigenvalue weighted by Gasteiger charge is -2.21. The maximum absolute atomic E-state index is 12.8. The van der Waals surface area contributed by atoms with Gasteiger partial charge in [-0.1, -0.05) is 6.07 Å². The summed E-state index contributed by atoms with van der Waals surface area (Å²) < 4.78 is 44.0. The smallest absolute Gasteiger partial charge is 0.338 e. The number of hydrogen-bond donors (Lipinski definition) is 1. The summed E-state index contributed by atoms with van der Waals surface area (Å²) in [5, 5.41) is 2.45. The molecule has 0 spiro atoms. The topological polar surface area (TPSA) is 92.8 Å². The monoisotopic (exact) mass is 408 g/mol. The molecule has 28 heavy (non-hydrogen) atoms. The Morgan fingerprint density at radius 3 is 2.39 bits per heavy atom. The van der Waals surface area contributed by atoms with Crippen LogP contribution < -0.4 is 5.32 Å². The fourth-order valence-electron chi connectivity index (χ4n) is 2.17. The fraction of sp³-hybridized carbons (Fsp3) is 0.263. The third-order valence-corrected chi connectivity index (χ3v) is 5.97. The van der Waals surface area contributed by atoms with Gasteiger partial charge < -0.3 is 10.1 Å². The lowest BCUT2D eigenvalue weighted by molar-refractivity contribution is -0.119. The second kappa shape index (κ2) is 8.94. The van der Waals surface area contributed by atoms with E-state index in [-0.39, 0.29) is 16.5 Å². The highest BCUT2D eigenvalue weighted by molar-refractivity contribution is 7.89. The highest BCUT2D eigenvalue weighted by Gasteiger charge is 2.24. The number of sulfonamides is 1. The fourth-order valence-corrected chi connectivity index (χ4v) is 3.59. The molecule has 2 aromatic carbocycles. The van der Waals surface area contributed by atoms with Crippen LogP contribution in [-0.4, -0.2) is 44.3 Å². The van der Waals surface area contributed by atoms with Crippen molar-refractivity contribution >= 4 is 27.6 Å². The molecular weight excluding hydrogens is 387 g/mol. The van der Waals surface area contributed by atoms with Gasteiger partial charge in [0.2, 0.25) is 10.0 Å². The van der Waals surface area contributed by atoms with Crippen molar-refractivity contribution in [3.05, 3.63) is 59.9 Å². The zero-order valence-corrected chi connectivity index (χ0v) is 16.5. The number of nitrogens with zero attached hydrogens (tertiary/aromatic N) is 1. The third kappa shape index (κ3) is 5.37. The second-order valence-electron chi connectivity index (χ2n) is 6.27. The molecule has 0 aliphatic carbocycles. The van der Waals surface area contributed by atoms with E-state index in [1.54, 1.807) is 13.8 Å². The molecule has 2 aromatic rings. The Bertz CT molecular complexity index is 959. The maximum Gasteiger partial charge on any atom is 0.338 e. The molecule has 0 saturated heterocycles. The predicted octanol–water partition coefficient (Wildman–Crippen LogP) is 2.65. The van der Waals surface area contributed by atoms with Gasteiger partial charge >= 0.3 is 5.97 Å². The number of nitrogens with one attached hydrogen (secondary N) is 1. The summed E-state index contributed by atoms with van der Waals surface area (Å²) in [5.74, 6) is -1.89. The van der Waals surface area contributed by atoms with Gasteiger partial charge in [-0.2, -0.15) is 4.31 Å². The Morgan fingerprint density at radius 1 is 1.14 bits per heavy atom. The summed E-state index contributed by atoms with van der Waals surface area (Å²) in [4.78, 5) is 24.0. The van der Waals surface area contributed by atoms with E-state index < -0.39 is 34.3 Å². The number of carbonyl (C=O) groups is 2. The van der Waals surface area contributed by atoms with Crippen molar-refractivity contribution in [2.24, 2.45) is 0 Å². The number of carbonyl (C=O) groups excluding carboxylic acids is 2. The van der Waals surface area contributed by atoms with E-state index in [2.05, 4.69) is 5.32 Å². The van der Waals surface area contributed by atoms with Crippen LogP contribution in [0.5, 0.6) is 0 Å². The summed E-state index contributed by atoms with van der Waals surface area (Å²) in [6.45, 7) is 2.89. The minimum atomic E-state index is -3.75. The van der Waals surface area contributed by atoms with E-state index in [4.69, 9.17) is 4.74 Å². The SMILES string of the molecule is CC(C)N(C)S(=O)(=O)c1cccc(C(=O)OCC(=O)Nc2ccc(F)cc2)c1. The summed E-state index contributed by atoms with van der Waals surface area (Å²) in [5.41, 5.74) is 0.361. The molecule has 2 rings (SSSR count). The first-order valence-corrected chi connectivity index (χ1v) is 9.86. The normalized spacial score (nSPS) is 11.5. The molecule has 150 valence electrons. The maximum atomic E-state index is 12.8. The van der Waals surface area contributed by atoms with Crippen molar-refractivity contribution in [1.82, 2.24) is 4.31 Å².